The zero-order chi connectivity index (χ0) is 15.4. The van der Waals surface area contributed by atoms with Gasteiger partial charge in [0.2, 0.25) is 0 Å². The minimum absolute atomic E-state index is 0.207. The number of carboxylic acids is 1. The lowest BCUT2D eigenvalue weighted by Gasteiger charge is -2.09. The van der Waals surface area contributed by atoms with E-state index in [0.29, 0.717) is 19.0 Å². The van der Waals surface area contributed by atoms with Crippen LogP contribution in [-0.4, -0.2) is 37.9 Å². The number of aromatic nitrogens is 4. The molecule has 0 aliphatic carbocycles. The second kappa shape index (κ2) is 6.21. The van der Waals surface area contributed by atoms with Crippen molar-refractivity contribution in [2.24, 2.45) is 0 Å². The van der Waals surface area contributed by atoms with E-state index in [1.165, 1.54) is 4.68 Å². The van der Waals surface area contributed by atoms with Crippen molar-refractivity contribution in [3.8, 4) is 5.75 Å². The van der Waals surface area contributed by atoms with Gasteiger partial charge in [-0.1, -0.05) is 36.4 Å². The zero-order valence-electron chi connectivity index (χ0n) is 11.7. The van der Waals surface area contributed by atoms with Gasteiger partial charge in [0.1, 0.15) is 18.8 Å². The second-order valence-electron chi connectivity index (χ2n) is 4.71. The summed E-state index contributed by atoms with van der Waals surface area (Å²) < 4.78 is 7.23. The van der Waals surface area contributed by atoms with Crippen LogP contribution in [0, 0.1) is 0 Å². The van der Waals surface area contributed by atoms with Gasteiger partial charge in [0.05, 0.1) is 6.54 Å². The highest BCUT2D eigenvalue weighted by Gasteiger charge is 2.10. The van der Waals surface area contributed by atoms with Crippen LogP contribution in [0.4, 0.5) is 0 Å². The predicted octanol–water partition coefficient (Wildman–Crippen LogP) is 1.53. The Morgan fingerprint density at radius 1 is 1.18 bits per heavy atom. The quantitative estimate of drug-likeness (QED) is 0.742. The predicted molar refractivity (Wildman–Crippen MR) is 78.6 cm³/mol. The number of aliphatic carboxylic acids is 1. The van der Waals surface area contributed by atoms with Gasteiger partial charge in [0, 0.05) is 5.39 Å². The summed E-state index contributed by atoms with van der Waals surface area (Å²) in [7, 11) is 0. The van der Waals surface area contributed by atoms with Crippen molar-refractivity contribution in [1.82, 2.24) is 20.2 Å². The molecule has 2 aromatic carbocycles. The molecule has 0 bridgehead atoms. The molecule has 0 spiro atoms. The molecule has 0 unspecified atom stereocenters. The Morgan fingerprint density at radius 3 is 2.86 bits per heavy atom. The minimum Gasteiger partial charge on any atom is -0.491 e. The molecule has 0 saturated heterocycles. The summed E-state index contributed by atoms with van der Waals surface area (Å²) in [5.74, 6) is 0.131. The highest BCUT2D eigenvalue weighted by Crippen LogP contribution is 2.24. The Morgan fingerprint density at radius 2 is 2.00 bits per heavy atom. The fourth-order valence-electron chi connectivity index (χ4n) is 2.22. The molecular formula is C15H14N4O3. The SMILES string of the molecule is O=C(O)Cc1nnnn1CCOc1cccc2ccccc12. The lowest BCUT2D eigenvalue weighted by molar-refractivity contribution is -0.136. The van der Waals surface area contributed by atoms with Crippen LogP contribution >= 0.6 is 0 Å². The highest BCUT2D eigenvalue weighted by molar-refractivity contribution is 5.88. The van der Waals surface area contributed by atoms with Crippen LogP contribution in [0.15, 0.2) is 42.5 Å². The van der Waals surface area contributed by atoms with Gasteiger partial charge >= 0.3 is 5.97 Å². The van der Waals surface area contributed by atoms with E-state index < -0.39 is 5.97 Å². The molecule has 0 aliphatic rings. The lowest BCUT2D eigenvalue weighted by Crippen LogP contribution is -2.15. The average molecular weight is 298 g/mol. The summed E-state index contributed by atoms with van der Waals surface area (Å²) in [6.45, 7) is 0.741. The van der Waals surface area contributed by atoms with Crippen molar-refractivity contribution < 1.29 is 14.6 Å². The Labute approximate surface area is 126 Å². The molecule has 3 rings (SSSR count). The van der Waals surface area contributed by atoms with Gasteiger partial charge in [-0.15, -0.1) is 5.10 Å². The summed E-state index contributed by atoms with van der Waals surface area (Å²) in [4.78, 5) is 10.7. The van der Waals surface area contributed by atoms with E-state index in [1.807, 2.05) is 42.5 Å². The molecule has 0 atom stereocenters. The standard InChI is InChI=1S/C15H14N4O3/c20-15(21)10-14-16-17-18-19(14)8-9-22-13-7-3-5-11-4-1-2-6-12(11)13/h1-7H,8-10H2,(H,20,21). The molecule has 7 heteroatoms. The van der Waals surface area contributed by atoms with Gasteiger partial charge in [0.25, 0.3) is 0 Å². The van der Waals surface area contributed by atoms with Crippen LogP contribution in [0.1, 0.15) is 5.82 Å². The highest BCUT2D eigenvalue weighted by atomic mass is 16.5. The summed E-state index contributed by atoms with van der Waals surface area (Å²) in [5, 5.41) is 21.9. The maximum atomic E-state index is 10.7. The van der Waals surface area contributed by atoms with Crippen molar-refractivity contribution in [2.45, 2.75) is 13.0 Å². The van der Waals surface area contributed by atoms with E-state index in [2.05, 4.69) is 15.5 Å². The topological polar surface area (TPSA) is 90.1 Å². The molecule has 7 nitrogen and oxygen atoms in total. The summed E-state index contributed by atoms with van der Waals surface area (Å²) in [6.07, 6.45) is -0.207. The van der Waals surface area contributed by atoms with Gasteiger partial charge in [-0.05, 0) is 21.9 Å². The van der Waals surface area contributed by atoms with Crippen LogP contribution in [0.3, 0.4) is 0 Å². The molecule has 22 heavy (non-hydrogen) atoms. The average Bonchev–Trinajstić information content (AvgIpc) is 2.94. The van der Waals surface area contributed by atoms with Crippen molar-refractivity contribution in [2.75, 3.05) is 6.61 Å². The number of carboxylic acid groups (broad SMARTS) is 1. The molecule has 112 valence electrons. The number of hydrogen-bond acceptors (Lipinski definition) is 5. The molecule has 0 saturated carbocycles. The molecule has 1 aromatic heterocycles. The third-order valence-electron chi connectivity index (χ3n) is 3.23. The maximum absolute atomic E-state index is 10.7. The van der Waals surface area contributed by atoms with Crippen molar-refractivity contribution in [3.63, 3.8) is 0 Å². The summed E-state index contributed by atoms with van der Waals surface area (Å²) in [5.41, 5.74) is 0. The summed E-state index contributed by atoms with van der Waals surface area (Å²) >= 11 is 0. The Hall–Kier alpha value is -2.96. The first-order chi connectivity index (χ1) is 10.7. The van der Waals surface area contributed by atoms with Crippen molar-refractivity contribution in [3.05, 3.63) is 48.3 Å². The first kappa shape index (κ1) is 14.0. The third kappa shape index (κ3) is 3.03. The van der Waals surface area contributed by atoms with E-state index >= 15 is 0 Å². The molecule has 0 aliphatic heterocycles. The fraction of sp³-hybridized carbons (Fsp3) is 0.200. The Kier molecular flexibility index (Phi) is 3.95. The monoisotopic (exact) mass is 298 g/mol. The van der Waals surface area contributed by atoms with Crippen LogP contribution in [-0.2, 0) is 17.8 Å². The number of nitrogens with zero attached hydrogens (tertiary/aromatic N) is 4. The number of carbonyl (C=O) groups is 1. The first-order valence-electron chi connectivity index (χ1n) is 6.81. The second-order valence-corrected chi connectivity index (χ2v) is 4.71. The van der Waals surface area contributed by atoms with E-state index in [4.69, 9.17) is 9.84 Å². The van der Waals surface area contributed by atoms with E-state index in [-0.39, 0.29) is 6.42 Å². The minimum atomic E-state index is -0.967. The molecule has 1 N–H and O–H groups in total. The molecule has 0 amide bonds. The van der Waals surface area contributed by atoms with Gasteiger partial charge in [0.15, 0.2) is 5.82 Å². The third-order valence-corrected chi connectivity index (χ3v) is 3.23. The van der Waals surface area contributed by atoms with Gasteiger partial charge < -0.3 is 9.84 Å². The molecule has 1 heterocycles. The van der Waals surface area contributed by atoms with E-state index in [0.717, 1.165) is 16.5 Å². The molecule has 3 aromatic rings. The number of rotatable bonds is 6. The van der Waals surface area contributed by atoms with Crippen LogP contribution in [0.5, 0.6) is 5.75 Å². The van der Waals surface area contributed by atoms with Gasteiger partial charge in [-0.3, -0.25) is 4.79 Å². The lowest BCUT2D eigenvalue weighted by atomic mass is 10.1. The number of ether oxygens (including phenoxy) is 1. The smallest absolute Gasteiger partial charge is 0.311 e. The number of fused-ring (bicyclic) bond motifs is 1. The van der Waals surface area contributed by atoms with Crippen LogP contribution in [0.2, 0.25) is 0 Å². The molecule has 0 fully saturated rings. The number of benzene rings is 2. The molecule has 0 radical (unpaired) electrons. The van der Waals surface area contributed by atoms with Crippen LogP contribution < -0.4 is 4.74 Å². The molecular weight excluding hydrogens is 284 g/mol. The maximum Gasteiger partial charge on any atom is 0.311 e. The number of tetrazole rings is 1. The zero-order valence-corrected chi connectivity index (χ0v) is 11.7. The van der Waals surface area contributed by atoms with Crippen molar-refractivity contribution in [1.29, 1.82) is 0 Å². The largest absolute Gasteiger partial charge is 0.491 e. The normalized spacial score (nSPS) is 10.7. The van der Waals surface area contributed by atoms with Gasteiger partial charge in [-0.25, -0.2) is 4.68 Å². The summed E-state index contributed by atoms with van der Waals surface area (Å²) in [6, 6.07) is 13.8. The fourth-order valence-corrected chi connectivity index (χ4v) is 2.22. The van der Waals surface area contributed by atoms with Crippen LogP contribution in [0.25, 0.3) is 10.8 Å². The number of hydrogen-bond donors (Lipinski definition) is 1. The van der Waals surface area contributed by atoms with Gasteiger partial charge in [-0.2, -0.15) is 0 Å². The van der Waals surface area contributed by atoms with E-state index in [9.17, 15) is 4.79 Å². The Bertz CT molecular complexity index is 795. The van der Waals surface area contributed by atoms with E-state index in [1.54, 1.807) is 0 Å². The first-order valence-corrected chi connectivity index (χ1v) is 6.81. The van der Waals surface area contributed by atoms with Crippen molar-refractivity contribution >= 4 is 16.7 Å². The Balaban J connectivity index is 1.68.